The van der Waals surface area contributed by atoms with Gasteiger partial charge in [-0.05, 0) is 12.1 Å². The first kappa shape index (κ1) is 13.9. The van der Waals surface area contributed by atoms with E-state index in [1.165, 1.54) is 20.5 Å². The van der Waals surface area contributed by atoms with E-state index in [9.17, 15) is 4.79 Å². The summed E-state index contributed by atoms with van der Waals surface area (Å²) in [4.78, 5) is 20.6. The van der Waals surface area contributed by atoms with Crippen molar-refractivity contribution in [2.24, 2.45) is 0 Å². The van der Waals surface area contributed by atoms with Crippen LogP contribution in [0.2, 0.25) is 0 Å². The van der Waals surface area contributed by atoms with Gasteiger partial charge in [-0.1, -0.05) is 0 Å². The number of carbonyl (C=O) groups excluding carboxylic acids is 1. The van der Waals surface area contributed by atoms with E-state index in [2.05, 4.69) is 15.3 Å². The number of amides is 1. The van der Waals surface area contributed by atoms with Gasteiger partial charge in [-0.2, -0.15) is 0 Å². The molecule has 2 aromatic heterocycles. The largest absolute Gasteiger partial charge is 0.494 e. The molecule has 0 radical (unpaired) electrons. The van der Waals surface area contributed by atoms with Gasteiger partial charge >= 0.3 is 0 Å². The van der Waals surface area contributed by atoms with E-state index in [1.54, 1.807) is 30.6 Å². The van der Waals surface area contributed by atoms with Gasteiger partial charge in [0.25, 0.3) is 5.91 Å². The maximum atomic E-state index is 12.1. The number of rotatable bonds is 4. The summed E-state index contributed by atoms with van der Waals surface area (Å²) in [7, 11) is 3.02. The van der Waals surface area contributed by atoms with E-state index in [0.29, 0.717) is 28.2 Å². The molecule has 0 fully saturated rings. The van der Waals surface area contributed by atoms with Crippen LogP contribution in [-0.2, 0) is 0 Å². The Labute approximate surface area is 125 Å². The topological polar surface area (TPSA) is 86.5 Å². The molecule has 0 spiro atoms. The van der Waals surface area contributed by atoms with E-state index < -0.39 is 5.91 Å². The predicted molar refractivity (Wildman–Crippen MR) is 79.3 cm³/mol. The monoisotopic (exact) mass is 299 g/mol. The summed E-state index contributed by atoms with van der Waals surface area (Å²) >= 11 is 0. The number of nitrogens with zero attached hydrogens (tertiary/aromatic N) is 2. The van der Waals surface area contributed by atoms with Crippen molar-refractivity contribution in [1.29, 1.82) is 0 Å². The molecule has 22 heavy (non-hydrogen) atoms. The molecule has 0 atom stereocenters. The van der Waals surface area contributed by atoms with Gasteiger partial charge in [0.1, 0.15) is 16.8 Å². The third-order valence-electron chi connectivity index (χ3n) is 3.08. The van der Waals surface area contributed by atoms with Crippen LogP contribution in [0.4, 0.5) is 5.69 Å². The molecule has 1 amide bonds. The summed E-state index contributed by atoms with van der Waals surface area (Å²) in [6.07, 6.45) is 4.53. The zero-order valence-corrected chi connectivity index (χ0v) is 12.0. The zero-order valence-electron chi connectivity index (χ0n) is 12.0. The Hall–Kier alpha value is -3.09. The maximum absolute atomic E-state index is 12.1. The first-order valence-electron chi connectivity index (χ1n) is 6.45. The van der Waals surface area contributed by atoms with Gasteiger partial charge in [-0.15, -0.1) is 0 Å². The van der Waals surface area contributed by atoms with E-state index in [-0.39, 0.29) is 5.76 Å². The lowest BCUT2D eigenvalue weighted by Crippen LogP contribution is -2.12. The summed E-state index contributed by atoms with van der Waals surface area (Å²) in [5.41, 5.74) is 1.48. The minimum absolute atomic E-state index is 0.195. The standard InChI is InChI=1S/C15H13N3O4/c1-20-11-8-9(18-15(19)10-4-3-7-22-10)14(21-2)13-12(11)16-5-6-17-13/h3-8H,1-2H3,(H,18,19). The molecule has 1 N–H and O–H groups in total. The minimum atomic E-state index is -0.395. The molecule has 112 valence electrons. The van der Waals surface area contributed by atoms with E-state index in [4.69, 9.17) is 13.9 Å². The van der Waals surface area contributed by atoms with Crippen LogP contribution < -0.4 is 14.8 Å². The van der Waals surface area contributed by atoms with E-state index >= 15 is 0 Å². The number of benzene rings is 1. The van der Waals surface area contributed by atoms with Crippen molar-refractivity contribution in [2.75, 3.05) is 19.5 Å². The second-order valence-electron chi connectivity index (χ2n) is 4.34. The van der Waals surface area contributed by atoms with Crippen LogP contribution in [0.25, 0.3) is 11.0 Å². The van der Waals surface area contributed by atoms with Crippen molar-refractivity contribution in [3.8, 4) is 11.5 Å². The summed E-state index contributed by atoms with van der Waals surface area (Å²) in [5, 5.41) is 2.73. The normalized spacial score (nSPS) is 10.5. The number of hydrogen-bond donors (Lipinski definition) is 1. The number of anilines is 1. The number of nitrogens with one attached hydrogen (secondary N) is 1. The summed E-state index contributed by atoms with van der Waals surface area (Å²) in [6, 6.07) is 4.84. The van der Waals surface area contributed by atoms with E-state index in [0.717, 1.165) is 0 Å². The second kappa shape index (κ2) is 5.72. The smallest absolute Gasteiger partial charge is 0.291 e. The van der Waals surface area contributed by atoms with Crippen molar-refractivity contribution in [1.82, 2.24) is 9.97 Å². The van der Waals surface area contributed by atoms with Crippen LogP contribution in [0.15, 0.2) is 41.3 Å². The molecular weight excluding hydrogens is 286 g/mol. The number of ether oxygens (including phenoxy) is 2. The van der Waals surface area contributed by atoms with Crippen LogP contribution >= 0.6 is 0 Å². The molecular formula is C15H13N3O4. The Balaban J connectivity index is 2.10. The van der Waals surface area contributed by atoms with Gasteiger partial charge in [0.05, 0.1) is 26.2 Å². The molecule has 0 aliphatic rings. The van der Waals surface area contributed by atoms with Crippen LogP contribution in [0, 0.1) is 0 Å². The van der Waals surface area contributed by atoms with Crippen molar-refractivity contribution in [3.63, 3.8) is 0 Å². The first-order valence-corrected chi connectivity index (χ1v) is 6.45. The molecule has 0 aliphatic heterocycles. The van der Waals surface area contributed by atoms with Crippen LogP contribution in [0.5, 0.6) is 11.5 Å². The molecule has 3 rings (SSSR count). The number of aromatic nitrogens is 2. The van der Waals surface area contributed by atoms with Gasteiger partial charge in [0, 0.05) is 18.5 Å². The third kappa shape index (κ3) is 2.32. The van der Waals surface area contributed by atoms with Crippen LogP contribution in [0.3, 0.4) is 0 Å². The third-order valence-corrected chi connectivity index (χ3v) is 3.08. The maximum Gasteiger partial charge on any atom is 0.291 e. The van der Waals surface area contributed by atoms with Gasteiger partial charge in [-0.3, -0.25) is 4.79 Å². The average molecular weight is 299 g/mol. The minimum Gasteiger partial charge on any atom is -0.494 e. The lowest BCUT2D eigenvalue weighted by atomic mass is 10.2. The van der Waals surface area contributed by atoms with Crippen molar-refractivity contribution in [2.45, 2.75) is 0 Å². The highest BCUT2D eigenvalue weighted by atomic mass is 16.5. The SMILES string of the molecule is COc1cc(NC(=O)c2ccco2)c(OC)c2nccnc12. The predicted octanol–water partition coefficient (Wildman–Crippen LogP) is 2.49. The molecule has 0 saturated carbocycles. The Kier molecular flexibility index (Phi) is 3.61. The highest BCUT2D eigenvalue weighted by Gasteiger charge is 2.18. The molecule has 1 aromatic carbocycles. The Morgan fingerprint density at radius 3 is 2.59 bits per heavy atom. The number of furan rings is 1. The van der Waals surface area contributed by atoms with Gasteiger partial charge in [0.2, 0.25) is 0 Å². The quantitative estimate of drug-likeness (QED) is 0.796. The van der Waals surface area contributed by atoms with E-state index in [1.807, 2.05) is 0 Å². The number of fused-ring (bicyclic) bond motifs is 1. The molecule has 0 unspecified atom stereocenters. The Morgan fingerprint density at radius 1 is 1.18 bits per heavy atom. The lowest BCUT2D eigenvalue weighted by molar-refractivity contribution is 0.0996. The fourth-order valence-corrected chi connectivity index (χ4v) is 2.12. The van der Waals surface area contributed by atoms with Gasteiger partial charge in [0.15, 0.2) is 11.5 Å². The molecule has 7 nitrogen and oxygen atoms in total. The number of methoxy groups -OCH3 is 2. The first-order chi connectivity index (χ1) is 10.7. The number of carbonyl (C=O) groups is 1. The Morgan fingerprint density at radius 2 is 1.95 bits per heavy atom. The Bertz CT molecular complexity index is 815. The molecule has 0 bridgehead atoms. The summed E-state index contributed by atoms with van der Waals surface area (Å²) < 4.78 is 15.8. The second-order valence-corrected chi connectivity index (χ2v) is 4.34. The zero-order chi connectivity index (χ0) is 15.5. The molecule has 0 saturated heterocycles. The van der Waals surface area contributed by atoms with Crippen molar-refractivity contribution in [3.05, 3.63) is 42.6 Å². The molecule has 7 heteroatoms. The fourth-order valence-electron chi connectivity index (χ4n) is 2.12. The highest BCUT2D eigenvalue weighted by Crippen LogP contribution is 2.37. The van der Waals surface area contributed by atoms with Crippen molar-refractivity contribution < 1.29 is 18.7 Å². The lowest BCUT2D eigenvalue weighted by Gasteiger charge is -2.13. The summed E-state index contributed by atoms with van der Waals surface area (Å²) in [5.74, 6) is 0.691. The summed E-state index contributed by atoms with van der Waals surface area (Å²) in [6.45, 7) is 0. The van der Waals surface area contributed by atoms with Crippen LogP contribution in [0.1, 0.15) is 10.6 Å². The molecule has 2 heterocycles. The van der Waals surface area contributed by atoms with Crippen molar-refractivity contribution >= 4 is 22.6 Å². The fraction of sp³-hybridized carbons (Fsp3) is 0.133. The average Bonchev–Trinajstić information content (AvgIpc) is 3.08. The van der Waals surface area contributed by atoms with Crippen LogP contribution in [-0.4, -0.2) is 30.1 Å². The number of hydrogen-bond acceptors (Lipinski definition) is 6. The molecule has 0 aliphatic carbocycles. The van der Waals surface area contributed by atoms with Gasteiger partial charge in [-0.25, -0.2) is 9.97 Å². The van der Waals surface area contributed by atoms with Gasteiger partial charge < -0.3 is 19.2 Å². The molecule has 3 aromatic rings. The highest BCUT2D eigenvalue weighted by molar-refractivity contribution is 6.05.